The van der Waals surface area contributed by atoms with Crippen LogP contribution in [0.5, 0.6) is 11.5 Å². The fourth-order valence-corrected chi connectivity index (χ4v) is 4.17. The number of ether oxygens (including phenoxy) is 2. The maximum absolute atomic E-state index is 13.3. The molecule has 1 N–H and O–H groups in total. The Hall–Kier alpha value is -3.34. The number of aliphatic carboxylic acids is 1. The van der Waals surface area contributed by atoms with E-state index in [0.29, 0.717) is 5.75 Å². The third-order valence-corrected chi connectivity index (χ3v) is 5.83. The number of rotatable bonds is 10. The number of benzene rings is 2. The minimum atomic E-state index is -4.25. The van der Waals surface area contributed by atoms with Gasteiger partial charge in [-0.3, -0.25) is 19.2 Å². The maximum Gasteiger partial charge on any atom is 0.303 e. The van der Waals surface area contributed by atoms with Crippen LogP contribution in [0.3, 0.4) is 0 Å². The van der Waals surface area contributed by atoms with Crippen LogP contribution in [0.25, 0.3) is 0 Å². The van der Waals surface area contributed by atoms with Crippen LogP contribution in [0.2, 0.25) is 0 Å². The monoisotopic (exact) mass is 424 g/mol. The Morgan fingerprint density at radius 3 is 2.48 bits per heavy atom. The van der Waals surface area contributed by atoms with Crippen LogP contribution in [-0.2, 0) is 14.8 Å². The second kappa shape index (κ2) is 9.24. The Morgan fingerprint density at radius 1 is 1.17 bits per heavy atom. The second-order valence-corrected chi connectivity index (χ2v) is 7.73. The minimum absolute atomic E-state index is 0.0265. The van der Waals surface area contributed by atoms with Gasteiger partial charge in [0.2, 0.25) is 0 Å². The van der Waals surface area contributed by atoms with Crippen LogP contribution in [0.4, 0.5) is 11.4 Å². The molecule has 0 aliphatic heterocycles. The lowest BCUT2D eigenvalue weighted by molar-refractivity contribution is -0.385. The SMILES string of the molecule is COc1ccc(N(CCCC(=O)O)S(=O)(=O)c2cccc([N+](=O)[O-])c2)c(OC)c1. The number of nitro groups is 1. The number of hydrogen-bond donors (Lipinski definition) is 1. The molecule has 0 saturated carbocycles. The van der Waals surface area contributed by atoms with Crippen LogP contribution in [0.1, 0.15) is 12.8 Å². The second-order valence-electron chi connectivity index (χ2n) is 5.87. The van der Waals surface area contributed by atoms with Crippen molar-refractivity contribution in [3.63, 3.8) is 0 Å². The van der Waals surface area contributed by atoms with Crippen molar-refractivity contribution in [2.45, 2.75) is 17.7 Å². The Kier molecular flexibility index (Phi) is 6.99. The van der Waals surface area contributed by atoms with Crippen molar-refractivity contribution >= 4 is 27.4 Å². The molecule has 0 bridgehead atoms. The molecule has 0 atom stereocenters. The first-order valence-corrected chi connectivity index (χ1v) is 9.85. The Labute approximate surface area is 167 Å². The molecule has 29 heavy (non-hydrogen) atoms. The fraction of sp³-hybridized carbons (Fsp3) is 0.278. The van der Waals surface area contributed by atoms with E-state index in [9.17, 15) is 23.3 Å². The van der Waals surface area contributed by atoms with Gasteiger partial charge < -0.3 is 14.6 Å². The smallest absolute Gasteiger partial charge is 0.303 e. The van der Waals surface area contributed by atoms with Crippen molar-refractivity contribution < 1.29 is 32.7 Å². The zero-order chi connectivity index (χ0) is 21.6. The van der Waals surface area contributed by atoms with Crippen molar-refractivity contribution in [2.24, 2.45) is 0 Å². The average Bonchev–Trinajstić information content (AvgIpc) is 2.70. The molecule has 0 saturated heterocycles. The van der Waals surface area contributed by atoms with E-state index in [0.717, 1.165) is 10.4 Å². The first kappa shape index (κ1) is 22.0. The van der Waals surface area contributed by atoms with Gasteiger partial charge in [-0.25, -0.2) is 8.42 Å². The number of carboxylic acid groups (broad SMARTS) is 1. The third kappa shape index (κ3) is 5.13. The lowest BCUT2D eigenvalue weighted by atomic mass is 10.2. The Bertz CT molecular complexity index is 1010. The van der Waals surface area contributed by atoms with Crippen LogP contribution >= 0.6 is 0 Å². The van der Waals surface area contributed by atoms with E-state index in [1.165, 1.54) is 50.6 Å². The molecular formula is C18H20N2O8S. The van der Waals surface area contributed by atoms with E-state index in [2.05, 4.69) is 0 Å². The molecule has 0 heterocycles. The quantitative estimate of drug-likeness (QED) is 0.454. The molecule has 2 rings (SSSR count). The topological polar surface area (TPSA) is 136 Å². The van der Waals surface area contributed by atoms with Crippen LogP contribution < -0.4 is 13.8 Å². The van der Waals surface area contributed by atoms with E-state index < -0.39 is 20.9 Å². The molecule has 0 amide bonds. The Morgan fingerprint density at radius 2 is 1.90 bits per heavy atom. The molecule has 0 aromatic heterocycles. The fourth-order valence-electron chi connectivity index (χ4n) is 2.62. The van der Waals surface area contributed by atoms with Crippen LogP contribution in [0.15, 0.2) is 47.4 Å². The molecular weight excluding hydrogens is 404 g/mol. The highest BCUT2D eigenvalue weighted by Crippen LogP contribution is 2.36. The summed E-state index contributed by atoms with van der Waals surface area (Å²) in [5, 5.41) is 19.9. The molecule has 156 valence electrons. The molecule has 11 heteroatoms. The summed E-state index contributed by atoms with van der Waals surface area (Å²) in [5.41, 5.74) is -0.219. The molecule has 0 spiro atoms. The van der Waals surface area contributed by atoms with Gasteiger partial charge in [0.1, 0.15) is 11.5 Å². The lowest BCUT2D eigenvalue weighted by Gasteiger charge is -2.26. The number of sulfonamides is 1. The van der Waals surface area contributed by atoms with Gasteiger partial charge in [-0.15, -0.1) is 0 Å². The molecule has 0 aliphatic carbocycles. The number of hydrogen-bond acceptors (Lipinski definition) is 7. The summed E-state index contributed by atoms with van der Waals surface area (Å²) in [7, 11) is -1.45. The molecule has 0 fully saturated rings. The first-order valence-electron chi connectivity index (χ1n) is 8.41. The number of nitrogens with zero attached hydrogens (tertiary/aromatic N) is 2. The molecule has 0 unspecified atom stereocenters. The summed E-state index contributed by atoms with van der Waals surface area (Å²) >= 11 is 0. The van der Waals surface area contributed by atoms with Gasteiger partial charge in [0.05, 0.1) is 29.7 Å². The van der Waals surface area contributed by atoms with Gasteiger partial charge in [0.15, 0.2) is 0 Å². The van der Waals surface area contributed by atoms with E-state index >= 15 is 0 Å². The minimum Gasteiger partial charge on any atom is -0.497 e. The number of carboxylic acids is 1. The first-order chi connectivity index (χ1) is 13.7. The van der Waals surface area contributed by atoms with E-state index in [1.807, 2.05) is 0 Å². The molecule has 10 nitrogen and oxygen atoms in total. The summed E-state index contributed by atoms with van der Waals surface area (Å²) in [6.45, 7) is -0.167. The molecule has 0 aliphatic rings. The van der Waals surface area contributed by atoms with E-state index in [1.54, 1.807) is 0 Å². The van der Waals surface area contributed by atoms with Crippen molar-refractivity contribution in [1.29, 1.82) is 0 Å². The van der Waals surface area contributed by atoms with Crippen LogP contribution in [-0.4, -0.2) is 45.2 Å². The molecule has 0 radical (unpaired) electrons. The molecule has 2 aromatic carbocycles. The van der Waals surface area contributed by atoms with Crippen molar-refractivity contribution in [3.05, 3.63) is 52.6 Å². The van der Waals surface area contributed by atoms with Crippen molar-refractivity contribution in [2.75, 3.05) is 25.1 Å². The summed E-state index contributed by atoms with van der Waals surface area (Å²) in [6, 6.07) is 9.13. The average molecular weight is 424 g/mol. The summed E-state index contributed by atoms with van der Waals surface area (Å²) in [5.74, 6) is -0.447. The van der Waals surface area contributed by atoms with Gasteiger partial charge in [0, 0.05) is 31.2 Å². The lowest BCUT2D eigenvalue weighted by Crippen LogP contribution is -2.32. The zero-order valence-corrected chi connectivity index (χ0v) is 16.6. The maximum atomic E-state index is 13.3. The van der Waals surface area contributed by atoms with E-state index in [4.69, 9.17) is 14.6 Å². The summed E-state index contributed by atoms with van der Waals surface area (Å²) < 4.78 is 37.9. The zero-order valence-electron chi connectivity index (χ0n) is 15.8. The summed E-state index contributed by atoms with van der Waals surface area (Å²) in [6.07, 6.45) is -0.224. The number of carbonyl (C=O) groups is 1. The number of anilines is 1. The standard InChI is InChI=1S/C18H20N2O8S/c1-27-14-8-9-16(17(12-14)28-2)19(10-4-7-18(21)22)29(25,26)15-6-3-5-13(11-15)20(23)24/h3,5-6,8-9,11-12H,4,7,10H2,1-2H3,(H,21,22). The van der Waals surface area contributed by atoms with E-state index in [-0.39, 0.29) is 41.4 Å². The third-order valence-electron chi connectivity index (χ3n) is 4.02. The van der Waals surface area contributed by atoms with Gasteiger partial charge in [-0.1, -0.05) is 6.07 Å². The highest BCUT2D eigenvalue weighted by molar-refractivity contribution is 7.92. The van der Waals surface area contributed by atoms with Crippen molar-refractivity contribution in [3.8, 4) is 11.5 Å². The van der Waals surface area contributed by atoms with Crippen molar-refractivity contribution in [1.82, 2.24) is 0 Å². The van der Waals surface area contributed by atoms with Gasteiger partial charge in [0.25, 0.3) is 15.7 Å². The predicted molar refractivity (Wildman–Crippen MR) is 104 cm³/mol. The van der Waals surface area contributed by atoms with Gasteiger partial charge in [-0.05, 0) is 24.6 Å². The summed E-state index contributed by atoms with van der Waals surface area (Å²) in [4.78, 5) is 20.9. The van der Waals surface area contributed by atoms with Crippen LogP contribution in [0, 0.1) is 10.1 Å². The highest BCUT2D eigenvalue weighted by Gasteiger charge is 2.29. The predicted octanol–water partition coefficient (Wildman–Crippen LogP) is 2.67. The largest absolute Gasteiger partial charge is 0.497 e. The normalized spacial score (nSPS) is 11.0. The van der Waals surface area contributed by atoms with Gasteiger partial charge >= 0.3 is 5.97 Å². The number of non-ortho nitro benzene ring substituents is 1. The molecule has 2 aromatic rings. The van der Waals surface area contributed by atoms with Gasteiger partial charge in [-0.2, -0.15) is 0 Å². The number of nitro benzene ring substituents is 1. The Balaban J connectivity index is 2.57. The highest BCUT2D eigenvalue weighted by atomic mass is 32.2. The number of methoxy groups -OCH3 is 2.